The zero-order valence-corrected chi connectivity index (χ0v) is 15.5. The molecule has 3 fully saturated rings. The fraction of sp³-hybridized carbons (Fsp3) is 0.500. The van der Waals surface area contributed by atoms with Crippen LogP contribution in [0.2, 0.25) is 0 Å². The molecule has 27 heavy (non-hydrogen) atoms. The van der Waals surface area contributed by atoms with Crippen molar-refractivity contribution >= 4 is 11.7 Å². The smallest absolute Gasteiger partial charge is 0.324 e. The van der Waals surface area contributed by atoms with Crippen molar-refractivity contribution < 1.29 is 4.79 Å². The molecular formula is C20H26N6O. The summed E-state index contributed by atoms with van der Waals surface area (Å²) >= 11 is 0. The standard InChI is InChI=1S/C20H26N6O/c21-17-7-11-25-18(17)13-26(20(25)27)16-5-3-15(4-6-16)24-12-8-22-19(24)14-23-9-1-2-10-23/h3-6,8,12,17-18H,1-2,7,9-11,13-14,21H2/t17-,18-/m1/s1. The first-order chi connectivity index (χ1) is 13.2. The number of carbonyl (C=O) groups is 1. The molecule has 3 saturated heterocycles. The van der Waals surface area contributed by atoms with E-state index in [2.05, 4.69) is 26.6 Å². The van der Waals surface area contributed by atoms with E-state index in [1.54, 1.807) is 0 Å². The van der Waals surface area contributed by atoms with Crippen molar-refractivity contribution in [3.63, 3.8) is 0 Å². The molecule has 0 saturated carbocycles. The number of nitrogens with zero attached hydrogens (tertiary/aromatic N) is 5. The molecule has 7 heteroatoms. The van der Waals surface area contributed by atoms with E-state index >= 15 is 0 Å². The zero-order chi connectivity index (χ0) is 18.4. The van der Waals surface area contributed by atoms with E-state index in [1.807, 2.05) is 34.3 Å². The maximum Gasteiger partial charge on any atom is 0.324 e. The Balaban J connectivity index is 1.34. The third kappa shape index (κ3) is 2.91. The molecular weight excluding hydrogens is 340 g/mol. The largest absolute Gasteiger partial charge is 0.326 e. The average molecular weight is 366 g/mol. The number of carbonyl (C=O) groups excluding carboxylic acids is 1. The number of anilines is 1. The first-order valence-corrected chi connectivity index (χ1v) is 9.89. The second kappa shape index (κ2) is 6.65. The molecule has 2 aromatic rings. The van der Waals surface area contributed by atoms with Gasteiger partial charge in [0.2, 0.25) is 0 Å². The van der Waals surface area contributed by atoms with Gasteiger partial charge in [-0.25, -0.2) is 9.78 Å². The summed E-state index contributed by atoms with van der Waals surface area (Å²) in [5.74, 6) is 1.06. The van der Waals surface area contributed by atoms with Gasteiger partial charge in [-0.15, -0.1) is 0 Å². The van der Waals surface area contributed by atoms with Gasteiger partial charge in [0, 0.05) is 42.9 Å². The lowest BCUT2D eigenvalue weighted by Gasteiger charge is -2.19. The Kier molecular flexibility index (Phi) is 4.13. The molecule has 1 aromatic heterocycles. The van der Waals surface area contributed by atoms with Gasteiger partial charge in [-0.1, -0.05) is 0 Å². The van der Waals surface area contributed by atoms with Gasteiger partial charge in [-0.05, 0) is 56.6 Å². The number of amides is 2. The van der Waals surface area contributed by atoms with Crippen LogP contribution < -0.4 is 10.6 Å². The maximum absolute atomic E-state index is 12.7. The Morgan fingerprint density at radius 1 is 1.07 bits per heavy atom. The Morgan fingerprint density at radius 3 is 2.56 bits per heavy atom. The number of fused-ring (bicyclic) bond motifs is 1. The van der Waals surface area contributed by atoms with Crippen molar-refractivity contribution in [3.8, 4) is 5.69 Å². The number of hydrogen-bond donors (Lipinski definition) is 1. The van der Waals surface area contributed by atoms with Crippen LogP contribution in [0.1, 0.15) is 25.1 Å². The molecule has 3 aliphatic rings. The summed E-state index contributed by atoms with van der Waals surface area (Å²) in [5, 5.41) is 0. The van der Waals surface area contributed by atoms with Crippen LogP contribution in [-0.4, -0.2) is 63.6 Å². The lowest BCUT2D eigenvalue weighted by Crippen LogP contribution is -2.37. The summed E-state index contributed by atoms with van der Waals surface area (Å²) in [7, 11) is 0. The van der Waals surface area contributed by atoms with Crippen LogP contribution in [0.25, 0.3) is 5.69 Å². The number of urea groups is 1. The highest BCUT2D eigenvalue weighted by molar-refractivity contribution is 5.95. The van der Waals surface area contributed by atoms with Crippen LogP contribution >= 0.6 is 0 Å². The molecule has 142 valence electrons. The number of aromatic nitrogens is 2. The van der Waals surface area contributed by atoms with E-state index in [0.717, 1.165) is 49.8 Å². The number of nitrogens with two attached hydrogens (primary N) is 1. The molecule has 2 atom stereocenters. The van der Waals surface area contributed by atoms with E-state index in [9.17, 15) is 4.79 Å². The summed E-state index contributed by atoms with van der Waals surface area (Å²) in [6, 6.07) is 8.52. The predicted octanol–water partition coefficient (Wildman–Crippen LogP) is 1.81. The van der Waals surface area contributed by atoms with E-state index in [1.165, 1.54) is 12.8 Å². The highest BCUT2D eigenvalue weighted by atomic mass is 16.2. The Morgan fingerprint density at radius 2 is 1.81 bits per heavy atom. The third-order valence-corrected chi connectivity index (χ3v) is 6.16. The Bertz CT molecular complexity index is 825. The molecule has 7 nitrogen and oxygen atoms in total. The third-order valence-electron chi connectivity index (χ3n) is 6.16. The van der Waals surface area contributed by atoms with Crippen LogP contribution in [0.15, 0.2) is 36.7 Å². The molecule has 1 aromatic carbocycles. The number of rotatable bonds is 4. The monoisotopic (exact) mass is 366 g/mol. The minimum atomic E-state index is 0.0815. The van der Waals surface area contributed by atoms with Gasteiger partial charge in [0.25, 0.3) is 0 Å². The van der Waals surface area contributed by atoms with E-state index in [4.69, 9.17) is 5.73 Å². The number of hydrogen-bond acceptors (Lipinski definition) is 4. The highest BCUT2D eigenvalue weighted by Gasteiger charge is 2.44. The highest BCUT2D eigenvalue weighted by Crippen LogP contribution is 2.30. The van der Waals surface area contributed by atoms with Crippen LogP contribution in [0.4, 0.5) is 10.5 Å². The molecule has 2 amide bonds. The van der Waals surface area contributed by atoms with Gasteiger partial charge < -0.3 is 15.2 Å². The topological polar surface area (TPSA) is 70.6 Å². The molecule has 3 aliphatic heterocycles. The van der Waals surface area contributed by atoms with Crippen LogP contribution in [0.3, 0.4) is 0 Å². The second-order valence-corrected chi connectivity index (χ2v) is 7.82. The molecule has 4 heterocycles. The molecule has 0 bridgehead atoms. The normalized spacial score (nSPS) is 25.6. The maximum atomic E-state index is 12.7. The van der Waals surface area contributed by atoms with E-state index in [-0.39, 0.29) is 18.1 Å². The quantitative estimate of drug-likeness (QED) is 0.896. The van der Waals surface area contributed by atoms with Gasteiger partial charge in [0.1, 0.15) is 5.82 Å². The van der Waals surface area contributed by atoms with Crippen LogP contribution in [0, 0.1) is 0 Å². The molecule has 5 rings (SSSR count). The number of likely N-dealkylation sites (tertiary alicyclic amines) is 1. The average Bonchev–Trinajstić information content (AvgIpc) is 3.45. The SMILES string of the molecule is N[C@@H]1CCN2C(=O)N(c3ccc(-n4ccnc4CN4CCCC4)cc3)C[C@H]12. The van der Waals surface area contributed by atoms with Gasteiger partial charge in [-0.2, -0.15) is 0 Å². The number of benzene rings is 1. The Hall–Kier alpha value is -2.38. The van der Waals surface area contributed by atoms with E-state index in [0.29, 0.717) is 6.54 Å². The summed E-state index contributed by atoms with van der Waals surface area (Å²) < 4.78 is 2.14. The van der Waals surface area contributed by atoms with Gasteiger partial charge in [-0.3, -0.25) is 9.80 Å². The Labute approximate surface area is 159 Å². The molecule has 2 N–H and O–H groups in total. The minimum absolute atomic E-state index is 0.0815. The summed E-state index contributed by atoms with van der Waals surface area (Å²) in [6.45, 7) is 4.65. The summed E-state index contributed by atoms with van der Waals surface area (Å²) in [4.78, 5) is 23.4. The lowest BCUT2D eigenvalue weighted by molar-refractivity contribution is 0.218. The fourth-order valence-corrected chi connectivity index (χ4v) is 4.61. The molecule has 0 spiro atoms. The van der Waals surface area contributed by atoms with Crippen molar-refractivity contribution in [1.82, 2.24) is 19.4 Å². The molecule has 0 aliphatic carbocycles. The number of imidazole rings is 1. The van der Waals surface area contributed by atoms with Crippen molar-refractivity contribution in [3.05, 3.63) is 42.5 Å². The zero-order valence-electron chi connectivity index (χ0n) is 15.5. The van der Waals surface area contributed by atoms with Crippen molar-refractivity contribution in [1.29, 1.82) is 0 Å². The first kappa shape index (κ1) is 16.8. The van der Waals surface area contributed by atoms with Gasteiger partial charge in [0.05, 0.1) is 12.6 Å². The molecule has 0 unspecified atom stereocenters. The molecule has 0 radical (unpaired) electrons. The van der Waals surface area contributed by atoms with Gasteiger partial charge >= 0.3 is 6.03 Å². The van der Waals surface area contributed by atoms with Crippen LogP contribution in [0.5, 0.6) is 0 Å². The van der Waals surface area contributed by atoms with E-state index < -0.39 is 0 Å². The van der Waals surface area contributed by atoms with Crippen molar-refractivity contribution in [2.45, 2.75) is 37.9 Å². The summed E-state index contributed by atoms with van der Waals surface area (Å²) in [5.41, 5.74) is 8.17. The minimum Gasteiger partial charge on any atom is -0.326 e. The van der Waals surface area contributed by atoms with Crippen LogP contribution in [-0.2, 0) is 6.54 Å². The van der Waals surface area contributed by atoms with Crippen molar-refractivity contribution in [2.75, 3.05) is 31.1 Å². The second-order valence-electron chi connectivity index (χ2n) is 7.82. The lowest BCUT2D eigenvalue weighted by atomic mass is 10.1. The first-order valence-electron chi connectivity index (χ1n) is 9.89. The van der Waals surface area contributed by atoms with Crippen molar-refractivity contribution in [2.24, 2.45) is 5.73 Å². The van der Waals surface area contributed by atoms with Gasteiger partial charge in [0.15, 0.2) is 0 Å². The predicted molar refractivity (Wildman–Crippen MR) is 104 cm³/mol. The summed E-state index contributed by atoms with van der Waals surface area (Å²) in [6.07, 6.45) is 7.33. The fourth-order valence-electron chi connectivity index (χ4n) is 4.61.